The summed E-state index contributed by atoms with van der Waals surface area (Å²) in [6.07, 6.45) is 26.1. The monoisotopic (exact) mass is 788 g/mol. The highest BCUT2D eigenvalue weighted by atomic mass is 16.2. The molecule has 1 aliphatic carbocycles. The van der Waals surface area contributed by atoms with Gasteiger partial charge in [0.05, 0.1) is 22.3 Å². The van der Waals surface area contributed by atoms with Crippen LogP contribution in [0.15, 0.2) is 145 Å². The fourth-order valence-corrected chi connectivity index (χ4v) is 7.87. The molecule has 0 bridgehead atoms. The predicted octanol–water partition coefficient (Wildman–Crippen LogP) is 8.75. The average Bonchev–Trinajstić information content (AvgIpc) is 3.26. The van der Waals surface area contributed by atoms with E-state index in [-0.39, 0.29) is 11.8 Å². The molecule has 2 aromatic carbocycles. The van der Waals surface area contributed by atoms with Gasteiger partial charge in [-0.1, -0.05) is 94.5 Å². The van der Waals surface area contributed by atoms with Crippen molar-refractivity contribution in [2.24, 2.45) is 0 Å². The highest BCUT2D eigenvalue weighted by Gasteiger charge is 2.22. The number of benzene rings is 2. The third kappa shape index (κ3) is 11.8. The molecule has 3 heterocycles. The van der Waals surface area contributed by atoms with Crippen LogP contribution in [0.25, 0.3) is 22.3 Å². The SMILES string of the molecule is C=C(C)C(=O)NCCCNC(=O)c1cc(-c2cc(-c3ccc[n+](Cc4ccccc4CC)c3)c[n+](CC3=CCCC=C3CCCC)c2)c[n+](Cc2ccccc2CC)c1. The Labute approximate surface area is 351 Å². The quantitative estimate of drug-likeness (QED) is 0.0500. The average molecular weight is 789 g/mol. The van der Waals surface area contributed by atoms with Crippen LogP contribution in [-0.2, 0) is 37.3 Å². The van der Waals surface area contributed by atoms with Crippen LogP contribution in [0.2, 0.25) is 0 Å². The fraction of sp³-hybridized carbons (Fsp3) is 0.327. The molecule has 0 atom stereocenters. The van der Waals surface area contributed by atoms with Gasteiger partial charge in [-0.15, -0.1) is 0 Å². The molecule has 2 N–H and O–H groups in total. The van der Waals surface area contributed by atoms with Gasteiger partial charge in [0.15, 0.2) is 56.8 Å². The number of aromatic nitrogens is 3. The first-order valence-electron chi connectivity index (χ1n) is 21.6. The standard InChI is InChI=1S/C52H60N5O2/c1-6-9-18-42-21-12-15-24-45(42)34-56-35-47(46-25-16-28-55(32-46)31-43-22-13-10-19-40(43)7-2)29-48(36-56)49-30-50(52(59)54-27-17-26-53-51(58)39(4)5)38-57(37-49)33-44-23-14-11-20-41(44)8-3/h10-11,13-14,16,19-25,28-30,32,35-38H,4,6-9,12,15,17-18,26-27,31,33-34H2,1-3,5H3/q+1/p+2. The maximum absolute atomic E-state index is 13.9. The Kier molecular flexibility index (Phi) is 15.3. The fourth-order valence-electron chi connectivity index (χ4n) is 7.87. The summed E-state index contributed by atoms with van der Waals surface area (Å²) in [5.74, 6) is -0.314. The number of carbonyl (C=O) groups is 2. The molecule has 0 spiro atoms. The zero-order valence-corrected chi connectivity index (χ0v) is 35.6. The van der Waals surface area contributed by atoms with Crippen LogP contribution in [0, 0.1) is 0 Å². The summed E-state index contributed by atoms with van der Waals surface area (Å²) in [7, 11) is 0. The summed E-state index contributed by atoms with van der Waals surface area (Å²) in [6, 6.07) is 25.9. The molecule has 0 fully saturated rings. The maximum atomic E-state index is 13.9. The third-order valence-electron chi connectivity index (χ3n) is 11.2. The lowest BCUT2D eigenvalue weighted by Crippen LogP contribution is -2.38. The second-order valence-electron chi connectivity index (χ2n) is 15.8. The number of nitrogens with zero attached hydrogens (tertiary/aromatic N) is 3. The van der Waals surface area contributed by atoms with Gasteiger partial charge in [-0.3, -0.25) is 9.59 Å². The number of nitrogens with one attached hydrogen (secondary N) is 2. The van der Waals surface area contributed by atoms with E-state index in [9.17, 15) is 9.59 Å². The Morgan fingerprint density at radius 3 is 1.81 bits per heavy atom. The van der Waals surface area contributed by atoms with Gasteiger partial charge in [0.2, 0.25) is 5.91 Å². The molecule has 0 radical (unpaired) electrons. The van der Waals surface area contributed by atoms with Crippen LogP contribution in [-0.4, -0.2) is 24.9 Å². The number of hydrogen-bond donors (Lipinski definition) is 2. The van der Waals surface area contributed by atoms with Crippen molar-refractivity contribution in [2.75, 3.05) is 13.1 Å². The van der Waals surface area contributed by atoms with Crippen LogP contribution in [0.3, 0.4) is 0 Å². The minimum absolute atomic E-state index is 0.144. The molecule has 59 heavy (non-hydrogen) atoms. The minimum atomic E-state index is -0.169. The van der Waals surface area contributed by atoms with E-state index in [2.05, 4.69) is 162 Å². The maximum Gasteiger partial charge on any atom is 0.257 e. The molecule has 6 rings (SSSR count). The van der Waals surface area contributed by atoms with Crippen molar-refractivity contribution in [3.8, 4) is 22.3 Å². The normalized spacial score (nSPS) is 12.4. The van der Waals surface area contributed by atoms with Gasteiger partial charge in [-0.05, 0) is 86.8 Å². The number of hydrogen-bond acceptors (Lipinski definition) is 2. The number of aryl methyl sites for hydroxylation is 2. The van der Waals surface area contributed by atoms with Crippen molar-refractivity contribution in [3.63, 3.8) is 0 Å². The molecule has 0 aliphatic heterocycles. The van der Waals surface area contributed by atoms with Gasteiger partial charge in [0.25, 0.3) is 5.91 Å². The van der Waals surface area contributed by atoms with Gasteiger partial charge >= 0.3 is 0 Å². The number of carbonyl (C=O) groups excluding carboxylic acids is 2. The van der Waals surface area contributed by atoms with Crippen molar-refractivity contribution < 1.29 is 23.3 Å². The number of rotatable bonds is 19. The number of amides is 2. The van der Waals surface area contributed by atoms with Crippen molar-refractivity contribution >= 4 is 11.8 Å². The Hall–Kier alpha value is -5.95. The van der Waals surface area contributed by atoms with Crippen molar-refractivity contribution in [1.29, 1.82) is 0 Å². The lowest BCUT2D eigenvalue weighted by Gasteiger charge is -2.15. The van der Waals surface area contributed by atoms with Gasteiger partial charge in [-0.25, -0.2) is 4.57 Å². The number of pyridine rings is 3. The van der Waals surface area contributed by atoms with E-state index in [4.69, 9.17) is 0 Å². The predicted molar refractivity (Wildman–Crippen MR) is 237 cm³/mol. The van der Waals surface area contributed by atoms with Crippen LogP contribution < -0.4 is 24.3 Å². The molecule has 7 nitrogen and oxygen atoms in total. The second-order valence-corrected chi connectivity index (χ2v) is 15.8. The molecule has 304 valence electrons. The summed E-state index contributed by atoms with van der Waals surface area (Å²) in [5, 5.41) is 5.96. The van der Waals surface area contributed by atoms with E-state index in [1.165, 1.54) is 46.2 Å². The van der Waals surface area contributed by atoms with Gasteiger partial charge < -0.3 is 10.6 Å². The van der Waals surface area contributed by atoms with Gasteiger partial charge in [0, 0.05) is 41.4 Å². The summed E-state index contributed by atoms with van der Waals surface area (Å²) >= 11 is 0. The van der Waals surface area contributed by atoms with E-state index in [1.54, 1.807) is 6.92 Å². The van der Waals surface area contributed by atoms with Crippen LogP contribution in [0.1, 0.15) is 98.8 Å². The zero-order valence-electron chi connectivity index (χ0n) is 35.6. The van der Waals surface area contributed by atoms with Crippen LogP contribution >= 0.6 is 0 Å². The highest BCUT2D eigenvalue weighted by molar-refractivity contribution is 5.95. The first-order valence-corrected chi connectivity index (χ1v) is 21.6. The molecule has 0 saturated carbocycles. The summed E-state index contributed by atoms with van der Waals surface area (Å²) in [4.78, 5) is 25.9. The third-order valence-corrected chi connectivity index (χ3v) is 11.2. The summed E-state index contributed by atoms with van der Waals surface area (Å²) in [6.45, 7) is 15.2. The van der Waals surface area contributed by atoms with E-state index >= 15 is 0 Å². The Morgan fingerprint density at radius 2 is 1.17 bits per heavy atom. The lowest BCUT2D eigenvalue weighted by atomic mass is 9.93. The molecular weight excluding hydrogens is 727 g/mol. The first-order chi connectivity index (χ1) is 28.7. The molecule has 0 unspecified atom stereocenters. The zero-order chi connectivity index (χ0) is 41.6. The van der Waals surface area contributed by atoms with Gasteiger partial charge in [0.1, 0.15) is 5.56 Å². The highest BCUT2D eigenvalue weighted by Crippen LogP contribution is 2.27. The minimum Gasteiger partial charge on any atom is -0.352 e. The molecule has 3 aromatic heterocycles. The van der Waals surface area contributed by atoms with E-state index < -0.39 is 0 Å². The molecule has 0 saturated heterocycles. The van der Waals surface area contributed by atoms with Gasteiger partial charge in [-0.2, -0.15) is 9.13 Å². The Morgan fingerprint density at radius 1 is 0.610 bits per heavy atom. The first kappa shape index (κ1) is 42.7. The Balaban J connectivity index is 1.40. The smallest absolute Gasteiger partial charge is 0.257 e. The number of allylic oxidation sites excluding steroid dienone is 4. The number of unbranched alkanes of at least 4 members (excludes halogenated alkanes) is 1. The van der Waals surface area contributed by atoms with Crippen molar-refractivity contribution in [2.45, 2.75) is 98.7 Å². The lowest BCUT2D eigenvalue weighted by molar-refractivity contribution is -0.689. The van der Waals surface area contributed by atoms with E-state index in [0.717, 1.165) is 67.4 Å². The van der Waals surface area contributed by atoms with Crippen molar-refractivity contribution in [1.82, 2.24) is 10.6 Å². The largest absolute Gasteiger partial charge is 0.352 e. The second kappa shape index (κ2) is 21.2. The molecule has 2 amide bonds. The van der Waals surface area contributed by atoms with Crippen molar-refractivity contribution in [3.05, 3.63) is 173 Å². The topological polar surface area (TPSA) is 69.8 Å². The van der Waals surface area contributed by atoms with E-state index in [0.29, 0.717) is 37.2 Å². The molecular formula is C52H62N5O2+3. The summed E-state index contributed by atoms with van der Waals surface area (Å²) in [5.41, 5.74) is 13.4. The van der Waals surface area contributed by atoms with Crippen LogP contribution in [0.5, 0.6) is 0 Å². The molecule has 1 aliphatic rings. The molecule has 7 heteroatoms. The van der Waals surface area contributed by atoms with E-state index in [1.807, 2.05) is 12.3 Å². The molecule has 5 aromatic rings. The summed E-state index contributed by atoms with van der Waals surface area (Å²) < 4.78 is 6.78. The van der Waals surface area contributed by atoms with Crippen LogP contribution in [0.4, 0.5) is 0 Å². The Bertz CT molecular complexity index is 2340.